The Labute approximate surface area is 157 Å². The Morgan fingerprint density at radius 3 is 2.52 bits per heavy atom. The number of rotatable bonds is 6. The number of Topliss-reactive ketones (excluding diaryl/α,β-unsaturated/α-hetero) is 1. The summed E-state index contributed by atoms with van der Waals surface area (Å²) in [6.07, 6.45) is -0.423. The standard InChI is InChI=1S/C21H21NO5/c1-3-17-21(25)22(20(24)15-10-6-8-12-19(15)27-17)13-16(23)14-9-5-7-11-18(14)26-4-2/h5-12,17H,3-4,13H2,1-2H3/t17-/m0/s1. The third-order valence-corrected chi connectivity index (χ3v) is 4.33. The fraction of sp³-hybridized carbons (Fsp3) is 0.286. The Morgan fingerprint density at radius 2 is 1.78 bits per heavy atom. The van der Waals surface area contributed by atoms with Crippen molar-refractivity contribution in [3.63, 3.8) is 0 Å². The predicted molar refractivity (Wildman–Crippen MR) is 99.1 cm³/mol. The van der Waals surface area contributed by atoms with Crippen molar-refractivity contribution in [2.45, 2.75) is 26.4 Å². The molecule has 2 aromatic carbocycles. The fourth-order valence-electron chi connectivity index (χ4n) is 2.98. The van der Waals surface area contributed by atoms with Crippen molar-refractivity contribution in [3.8, 4) is 11.5 Å². The molecular formula is C21H21NO5. The molecule has 27 heavy (non-hydrogen) atoms. The van der Waals surface area contributed by atoms with Crippen LogP contribution in [0.5, 0.6) is 11.5 Å². The molecule has 0 saturated heterocycles. The number of carbonyl (C=O) groups is 3. The van der Waals surface area contributed by atoms with Crippen LogP contribution in [0.2, 0.25) is 0 Å². The van der Waals surface area contributed by atoms with Crippen molar-refractivity contribution in [3.05, 3.63) is 59.7 Å². The minimum atomic E-state index is -0.812. The minimum absolute atomic E-state index is 0.271. The molecule has 0 spiro atoms. The van der Waals surface area contributed by atoms with Gasteiger partial charge in [-0.25, -0.2) is 0 Å². The highest BCUT2D eigenvalue weighted by Crippen LogP contribution is 2.27. The van der Waals surface area contributed by atoms with Gasteiger partial charge in [-0.3, -0.25) is 19.3 Å². The van der Waals surface area contributed by atoms with Crippen LogP contribution >= 0.6 is 0 Å². The van der Waals surface area contributed by atoms with Crippen molar-refractivity contribution >= 4 is 17.6 Å². The van der Waals surface area contributed by atoms with E-state index in [2.05, 4.69) is 0 Å². The number of ketones is 1. The van der Waals surface area contributed by atoms with Crippen molar-refractivity contribution < 1.29 is 23.9 Å². The molecule has 0 aliphatic carbocycles. The van der Waals surface area contributed by atoms with E-state index in [0.717, 1.165) is 4.90 Å². The maximum absolute atomic E-state index is 12.9. The molecule has 3 rings (SSSR count). The van der Waals surface area contributed by atoms with Crippen LogP contribution in [0.25, 0.3) is 0 Å². The quantitative estimate of drug-likeness (QED) is 0.579. The molecule has 0 saturated carbocycles. The van der Waals surface area contributed by atoms with Crippen LogP contribution in [-0.2, 0) is 4.79 Å². The van der Waals surface area contributed by atoms with E-state index in [4.69, 9.17) is 9.47 Å². The number of hydrogen-bond donors (Lipinski definition) is 0. The molecule has 2 amide bonds. The van der Waals surface area contributed by atoms with Gasteiger partial charge in [-0.15, -0.1) is 0 Å². The first-order chi connectivity index (χ1) is 13.1. The Bertz CT molecular complexity index is 876. The summed E-state index contributed by atoms with van der Waals surface area (Å²) in [5.74, 6) is -0.625. The van der Waals surface area contributed by atoms with Gasteiger partial charge in [0, 0.05) is 0 Å². The van der Waals surface area contributed by atoms with Gasteiger partial charge in [0.1, 0.15) is 11.5 Å². The lowest BCUT2D eigenvalue weighted by molar-refractivity contribution is -0.135. The summed E-state index contributed by atoms with van der Waals surface area (Å²) in [5, 5.41) is 0. The Hall–Kier alpha value is -3.15. The Balaban J connectivity index is 1.94. The van der Waals surface area contributed by atoms with Gasteiger partial charge in [0.05, 0.1) is 24.3 Å². The maximum atomic E-state index is 12.9. The van der Waals surface area contributed by atoms with Gasteiger partial charge in [0.25, 0.3) is 11.8 Å². The second kappa shape index (κ2) is 8.03. The summed E-state index contributed by atoms with van der Waals surface area (Å²) in [7, 11) is 0. The number of carbonyl (C=O) groups excluding carboxylic acids is 3. The predicted octanol–water partition coefficient (Wildman–Crippen LogP) is 3.11. The molecule has 0 unspecified atom stereocenters. The smallest absolute Gasteiger partial charge is 0.270 e. The van der Waals surface area contributed by atoms with E-state index in [1.54, 1.807) is 55.5 Å². The molecule has 0 bridgehead atoms. The average Bonchev–Trinajstić information content (AvgIpc) is 2.79. The minimum Gasteiger partial charge on any atom is -0.493 e. The third-order valence-electron chi connectivity index (χ3n) is 4.33. The summed E-state index contributed by atoms with van der Waals surface area (Å²) >= 11 is 0. The molecule has 6 nitrogen and oxygen atoms in total. The molecule has 2 aromatic rings. The van der Waals surface area contributed by atoms with Crippen molar-refractivity contribution in [1.82, 2.24) is 4.90 Å². The number of hydrogen-bond acceptors (Lipinski definition) is 5. The van der Waals surface area contributed by atoms with E-state index in [-0.39, 0.29) is 17.9 Å². The normalized spacial score (nSPS) is 16.4. The van der Waals surface area contributed by atoms with Crippen molar-refractivity contribution in [1.29, 1.82) is 0 Å². The van der Waals surface area contributed by atoms with Crippen molar-refractivity contribution in [2.75, 3.05) is 13.2 Å². The van der Waals surface area contributed by atoms with Gasteiger partial charge >= 0.3 is 0 Å². The van der Waals surface area contributed by atoms with Crippen LogP contribution in [0.15, 0.2) is 48.5 Å². The molecule has 140 valence electrons. The van der Waals surface area contributed by atoms with E-state index in [9.17, 15) is 14.4 Å². The molecule has 0 fully saturated rings. The van der Waals surface area contributed by atoms with Crippen LogP contribution in [-0.4, -0.2) is 41.8 Å². The first-order valence-corrected chi connectivity index (χ1v) is 8.93. The summed E-state index contributed by atoms with van der Waals surface area (Å²) < 4.78 is 11.2. The van der Waals surface area contributed by atoms with Gasteiger partial charge in [0.15, 0.2) is 11.9 Å². The van der Waals surface area contributed by atoms with E-state index >= 15 is 0 Å². The van der Waals surface area contributed by atoms with E-state index < -0.39 is 17.9 Å². The summed E-state index contributed by atoms with van der Waals surface area (Å²) in [6, 6.07) is 13.5. The second-order valence-electron chi connectivity index (χ2n) is 6.09. The molecule has 0 radical (unpaired) electrons. The van der Waals surface area contributed by atoms with Crippen molar-refractivity contribution in [2.24, 2.45) is 0 Å². The molecule has 1 heterocycles. The van der Waals surface area contributed by atoms with Gasteiger partial charge in [-0.2, -0.15) is 0 Å². The zero-order chi connectivity index (χ0) is 19.4. The second-order valence-corrected chi connectivity index (χ2v) is 6.09. The average molecular weight is 367 g/mol. The first-order valence-electron chi connectivity index (χ1n) is 8.93. The Morgan fingerprint density at radius 1 is 1.07 bits per heavy atom. The SMILES string of the molecule is CCOc1ccccc1C(=O)CN1C(=O)c2ccccc2O[C@@H](CC)C1=O. The molecule has 0 aromatic heterocycles. The molecule has 1 aliphatic heterocycles. The maximum Gasteiger partial charge on any atom is 0.270 e. The number of ether oxygens (including phenoxy) is 2. The summed E-state index contributed by atoms with van der Waals surface area (Å²) in [4.78, 5) is 39.6. The lowest BCUT2D eigenvalue weighted by Crippen LogP contribution is -2.45. The summed E-state index contributed by atoms with van der Waals surface area (Å²) in [5.41, 5.74) is 0.610. The highest BCUT2D eigenvalue weighted by molar-refractivity contribution is 6.12. The number of para-hydroxylation sites is 2. The number of nitrogens with zero attached hydrogens (tertiary/aromatic N) is 1. The highest BCUT2D eigenvalue weighted by Gasteiger charge is 2.36. The number of benzene rings is 2. The van der Waals surface area contributed by atoms with E-state index in [1.807, 2.05) is 6.92 Å². The molecule has 1 atom stereocenters. The molecule has 1 aliphatic rings. The topological polar surface area (TPSA) is 72.9 Å². The van der Waals surface area contributed by atoms with Gasteiger partial charge in [-0.05, 0) is 37.6 Å². The van der Waals surface area contributed by atoms with E-state index in [1.165, 1.54) is 0 Å². The van der Waals surface area contributed by atoms with Crippen LogP contribution in [0.4, 0.5) is 0 Å². The largest absolute Gasteiger partial charge is 0.493 e. The number of fused-ring (bicyclic) bond motifs is 1. The highest BCUT2D eigenvalue weighted by atomic mass is 16.5. The van der Waals surface area contributed by atoms with Gasteiger partial charge in [0.2, 0.25) is 0 Å². The number of imide groups is 1. The lowest BCUT2D eigenvalue weighted by atomic mass is 10.1. The molecule has 6 heteroatoms. The lowest BCUT2D eigenvalue weighted by Gasteiger charge is -2.21. The van der Waals surface area contributed by atoms with Gasteiger partial charge in [-0.1, -0.05) is 31.2 Å². The van der Waals surface area contributed by atoms with Crippen LogP contribution in [0.1, 0.15) is 41.0 Å². The van der Waals surface area contributed by atoms with Crippen LogP contribution in [0.3, 0.4) is 0 Å². The monoisotopic (exact) mass is 367 g/mol. The first kappa shape index (κ1) is 18.6. The third kappa shape index (κ3) is 3.69. The van der Waals surface area contributed by atoms with E-state index in [0.29, 0.717) is 30.1 Å². The fourth-order valence-corrected chi connectivity index (χ4v) is 2.98. The molecule has 0 N–H and O–H groups in total. The number of amides is 2. The van der Waals surface area contributed by atoms with Gasteiger partial charge < -0.3 is 9.47 Å². The zero-order valence-electron chi connectivity index (χ0n) is 15.3. The molecular weight excluding hydrogens is 346 g/mol. The Kier molecular flexibility index (Phi) is 5.54. The van der Waals surface area contributed by atoms with Crippen LogP contribution < -0.4 is 9.47 Å². The van der Waals surface area contributed by atoms with Crippen LogP contribution in [0, 0.1) is 0 Å². The zero-order valence-corrected chi connectivity index (χ0v) is 15.3. The summed E-state index contributed by atoms with van der Waals surface area (Å²) in [6.45, 7) is 3.66.